The lowest BCUT2D eigenvalue weighted by atomic mass is 10.2. The van der Waals surface area contributed by atoms with Gasteiger partial charge in [0.15, 0.2) is 0 Å². The van der Waals surface area contributed by atoms with Crippen molar-refractivity contribution in [2.75, 3.05) is 0 Å². The van der Waals surface area contributed by atoms with Gasteiger partial charge >= 0.3 is 0 Å². The highest BCUT2D eigenvalue weighted by molar-refractivity contribution is 5.33. The van der Waals surface area contributed by atoms with Crippen LogP contribution in [0.25, 0.3) is 5.69 Å². The number of nitrogens with zero attached hydrogens (tertiary/aromatic N) is 2. The van der Waals surface area contributed by atoms with E-state index in [-0.39, 0.29) is 0 Å². The van der Waals surface area contributed by atoms with Crippen LogP contribution < -0.4 is 0 Å². The second-order valence-electron chi connectivity index (χ2n) is 2.71. The van der Waals surface area contributed by atoms with Crippen LogP contribution in [-0.4, -0.2) is 9.78 Å². The summed E-state index contributed by atoms with van der Waals surface area (Å²) in [5, 5.41) is 4.09. The van der Waals surface area contributed by atoms with E-state index in [2.05, 4.69) is 30.4 Å². The van der Waals surface area contributed by atoms with Crippen LogP contribution in [0.15, 0.2) is 36.5 Å². The lowest BCUT2D eigenvalue weighted by molar-refractivity contribution is 0.873. The molecule has 0 fully saturated rings. The first-order valence-corrected chi connectivity index (χ1v) is 3.85. The van der Waals surface area contributed by atoms with Crippen molar-refractivity contribution in [2.45, 2.75) is 6.92 Å². The van der Waals surface area contributed by atoms with Gasteiger partial charge in [0, 0.05) is 0 Å². The van der Waals surface area contributed by atoms with E-state index in [0.29, 0.717) is 0 Å². The maximum atomic E-state index is 4.09. The average Bonchev–Trinajstić information content (AvgIpc) is 2.56. The molecule has 0 spiro atoms. The van der Waals surface area contributed by atoms with E-state index >= 15 is 0 Å². The Labute approximate surface area is 71.5 Å². The predicted octanol–water partition coefficient (Wildman–Crippen LogP) is 1.98. The highest BCUT2D eigenvalue weighted by atomic mass is 15.3. The molecule has 0 bridgehead atoms. The largest absolute Gasteiger partial charge is 0.232 e. The molecule has 2 nitrogen and oxygen atoms in total. The number of benzene rings is 1. The molecule has 0 saturated carbocycles. The molecule has 0 aliphatic carbocycles. The highest BCUT2D eigenvalue weighted by Gasteiger charge is 1.94. The molecule has 0 N–H and O–H groups in total. The summed E-state index contributed by atoms with van der Waals surface area (Å²) in [7, 11) is 0. The van der Waals surface area contributed by atoms with Gasteiger partial charge in [-0.1, -0.05) is 12.1 Å². The normalized spacial score (nSPS) is 10.1. The van der Waals surface area contributed by atoms with E-state index in [4.69, 9.17) is 0 Å². The fraction of sp³-hybridized carbons (Fsp3) is 0.100. The molecule has 2 heteroatoms. The first-order valence-electron chi connectivity index (χ1n) is 3.85. The first-order chi connectivity index (χ1) is 5.86. The van der Waals surface area contributed by atoms with Crippen molar-refractivity contribution in [3.63, 3.8) is 0 Å². The summed E-state index contributed by atoms with van der Waals surface area (Å²) in [4.78, 5) is 0. The molecule has 12 heavy (non-hydrogen) atoms. The van der Waals surface area contributed by atoms with E-state index in [1.54, 1.807) is 16.9 Å². The van der Waals surface area contributed by atoms with Crippen LogP contribution in [0.5, 0.6) is 0 Å². The molecule has 1 aromatic carbocycles. The van der Waals surface area contributed by atoms with Gasteiger partial charge in [0.1, 0.15) is 0 Å². The molecular formula is C10H9N2. The van der Waals surface area contributed by atoms with Gasteiger partial charge in [0.25, 0.3) is 0 Å². The Morgan fingerprint density at radius 3 is 3.00 bits per heavy atom. The lowest BCUT2D eigenvalue weighted by Crippen LogP contribution is -1.93. The van der Waals surface area contributed by atoms with Gasteiger partial charge in [-0.25, -0.2) is 4.68 Å². The molecule has 0 aliphatic heterocycles. The van der Waals surface area contributed by atoms with Crippen molar-refractivity contribution in [3.8, 4) is 5.69 Å². The molecule has 2 rings (SSSR count). The second kappa shape index (κ2) is 2.81. The Morgan fingerprint density at radius 1 is 1.42 bits per heavy atom. The van der Waals surface area contributed by atoms with Crippen molar-refractivity contribution in [1.82, 2.24) is 9.78 Å². The lowest BCUT2D eigenvalue weighted by Gasteiger charge is -2.00. The zero-order valence-corrected chi connectivity index (χ0v) is 6.86. The topological polar surface area (TPSA) is 17.8 Å². The Balaban J connectivity index is 2.48. The van der Waals surface area contributed by atoms with E-state index in [1.807, 2.05) is 12.1 Å². The molecule has 2 aromatic rings. The van der Waals surface area contributed by atoms with Gasteiger partial charge in [-0.3, -0.25) is 0 Å². The highest BCUT2D eigenvalue weighted by Crippen LogP contribution is 2.07. The zero-order chi connectivity index (χ0) is 8.39. The van der Waals surface area contributed by atoms with Crippen molar-refractivity contribution in [3.05, 3.63) is 48.3 Å². The number of hydrogen-bond donors (Lipinski definition) is 0. The molecule has 0 atom stereocenters. The minimum atomic E-state index is 1.06. The van der Waals surface area contributed by atoms with Gasteiger partial charge in [-0.2, -0.15) is 5.10 Å². The SMILES string of the molecule is Cc1cccc(-n2[c]ccn2)c1. The van der Waals surface area contributed by atoms with Crippen LogP contribution in [0, 0.1) is 13.1 Å². The summed E-state index contributed by atoms with van der Waals surface area (Å²) >= 11 is 0. The number of hydrogen-bond acceptors (Lipinski definition) is 1. The van der Waals surface area contributed by atoms with Crippen LogP contribution in [0.1, 0.15) is 5.56 Å². The number of rotatable bonds is 1. The van der Waals surface area contributed by atoms with Gasteiger partial charge in [0.2, 0.25) is 0 Å². The maximum Gasteiger partial charge on any atom is 0.0926 e. The summed E-state index contributed by atoms with van der Waals surface area (Å²) < 4.78 is 1.73. The second-order valence-corrected chi connectivity index (χ2v) is 2.71. The Morgan fingerprint density at radius 2 is 2.33 bits per heavy atom. The van der Waals surface area contributed by atoms with Crippen LogP contribution in [0.2, 0.25) is 0 Å². The van der Waals surface area contributed by atoms with Crippen molar-refractivity contribution >= 4 is 0 Å². The monoisotopic (exact) mass is 157 g/mol. The van der Waals surface area contributed by atoms with Gasteiger partial charge < -0.3 is 0 Å². The van der Waals surface area contributed by atoms with Crippen LogP contribution in [0.3, 0.4) is 0 Å². The molecule has 0 aliphatic rings. The molecule has 0 unspecified atom stereocenters. The van der Waals surface area contributed by atoms with Gasteiger partial charge in [0.05, 0.1) is 18.1 Å². The summed E-state index contributed by atoms with van der Waals surface area (Å²) in [6, 6.07) is 9.95. The summed E-state index contributed by atoms with van der Waals surface area (Å²) in [6.07, 6.45) is 4.71. The van der Waals surface area contributed by atoms with Crippen LogP contribution in [0.4, 0.5) is 0 Å². The maximum absolute atomic E-state index is 4.09. The fourth-order valence-corrected chi connectivity index (χ4v) is 1.14. The number of aryl methyl sites for hydroxylation is 1. The molecule has 0 amide bonds. The van der Waals surface area contributed by atoms with Crippen LogP contribution in [-0.2, 0) is 0 Å². The third-order valence-corrected chi connectivity index (χ3v) is 1.70. The van der Waals surface area contributed by atoms with Crippen molar-refractivity contribution < 1.29 is 0 Å². The molecular weight excluding hydrogens is 148 g/mol. The number of aromatic nitrogens is 2. The summed E-state index contributed by atoms with van der Waals surface area (Å²) in [5.41, 5.74) is 2.29. The molecule has 1 aromatic heterocycles. The average molecular weight is 157 g/mol. The van der Waals surface area contributed by atoms with Crippen LogP contribution >= 0.6 is 0 Å². The standard InChI is InChI=1S/C10H9N2/c1-9-4-2-5-10(8-9)12-7-3-6-11-12/h2-6,8H,1H3. The van der Waals surface area contributed by atoms with Gasteiger partial charge in [-0.15, -0.1) is 0 Å². The van der Waals surface area contributed by atoms with Crippen molar-refractivity contribution in [2.24, 2.45) is 0 Å². The Hall–Kier alpha value is -1.57. The fourth-order valence-electron chi connectivity index (χ4n) is 1.14. The zero-order valence-electron chi connectivity index (χ0n) is 6.86. The minimum absolute atomic E-state index is 1.06. The first kappa shape index (κ1) is 7.10. The Bertz CT molecular complexity index is 363. The third kappa shape index (κ3) is 1.23. The predicted molar refractivity (Wildman–Crippen MR) is 47.1 cm³/mol. The van der Waals surface area contributed by atoms with Gasteiger partial charge in [-0.05, 0) is 30.7 Å². The van der Waals surface area contributed by atoms with Crippen molar-refractivity contribution in [1.29, 1.82) is 0 Å². The van der Waals surface area contributed by atoms with E-state index < -0.39 is 0 Å². The summed E-state index contributed by atoms with van der Waals surface area (Å²) in [6.45, 7) is 2.06. The smallest absolute Gasteiger partial charge is 0.0926 e. The molecule has 59 valence electrons. The molecule has 1 radical (unpaired) electrons. The van der Waals surface area contributed by atoms with E-state index in [9.17, 15) is 0 Å². The van der Waals surface area contributed by atoms with E-state index in [0.717, 1.165) is 5.69 Å². The molecule has 0 saturated heterocycles. The third-order valence-electron chi connectivity index (χ3n) is 1.70. The Kier molecular flexibility index (Phi) is 1.67. The van der Waals surface area contributed by atoms with E-state index in [1.165, 1.54) is 5.56 Å². The molecule has 1 heterocycles. The summed E-state index contributed by atoms with van der Waals surface area (Å²) in [5.74, 6) is 0. The minimum Gasteiger partial charge on any atom is -0.232 e. The quantitative estimate of drug-likeness (QED) is 0.619.